The van der Waals surface area contributed by atoms with E-state index in [1.807, 2.05) is 6.07 Å². The smallest absolute Gasteiger partial charge is 0.226 e. The van der Waals surface area contributed by atoms with Crippen molar-refractivity contribution < 1.29 is 9.21 Å². The number of hydrogen-bond donors (Lipinski definition) is 1. The van der Waals surface area contributed by atoms with E-state index in [1.165, 1.54) is 32.1 Å². The average Bonchev–Trinajstić information content (AvgIpc) is 3.53. The number of para-hydroxylation sites is 1. The zero-order valence-electron chi connectivity index (χ0n) is 14.9. The molecule has 136 valence electrons. The summed E-state index contributed by atoms with van der Waals surface area (Å²) < 4.78 is 5.79. The van der Waals surface area contributed by atoms with Gasteiger partial charge < -0.3 is 14.6 Å². The molecule has 1 aliphatic heterocycles. The molecule has 26 heavy (non-hydrogen) atoms. The van der Waals surface area contributed by atoms with Crippen molar-refractivity contribution in [1.29, 1.82) is 0 Å². The summed E-state index contributed by atoms with van der Waals surface area (Å²) in [6, 6.07) is 6.95. The third kappa shape index (κ3) is 2.40. The highest BCUT2D eigenvalue weighted by Crippen LogP contribution is 2.49. The quantitative estimate of drug-likeness (QED) is 0.918. The second-order valence-electron chi connectivity index (χ2n) is 8.69. The first-order valence-corrected chi connectivity index (χ1v) is 10.2. The predicted molar refractivity (Wildman–Crippen MR) is 97.3 cm³/mol. The van der Waals surface area contributed by atoms with Gasteiger partial charge in [-0.2, -0.15) is 0 Å². The number of rotatable bonds is 4. The highest BCUT2D eigenvalue weighted by molar-refractivity contribution is 5.84. The summed E-state index contributed by atoms with van der Waals surface area (Å²) in [5.41, 5.74) is 2.89. The van der Waals surface area contributed by atoms with Crippen LogP contribution in [0.2, 0.25) is 0 Å². The highest BCUT2D eigenvalue weighted by Gasteiger charge is 2.52. The van der Waals surface area contributed by atoms with Crippen LogP contribution < -0.4 is 5.32 Å². The number of benzene rings is 1. The van der Waals surface area contributed by atoms with Crippen molar-refractivity contribution in [2.75, 3.05) is 6.54 Å². The van der Waals surface area contributed by atoms with Gasteiger partial charge in [-0.05, 0) is 56.4 Å². The number of piperazine rings is 1. The maximum Gasteiger partial charge on any atom is 0.226 e. The van der Waals surface area contributed by atoms with Gasteiger partial charge in [-0.15, -0.1) is 0 Å². The average molecular weight is 351 g/mol. The van der Waals surface area contributed by atoms with Gasteiger partial charge in [0.05, 0.1) is 6.04 Å². The molecule has 1 amide bonds. The lowest BCUT2D eigenvalue weighted by Crippen LogP contribution is -2.61. The lowest BCUT2D eigenvalue weighted by Gasteiger charge is -2.48. The third-order valence-corrected chi connectivity index (χ3v) is 6.74. The zero-order valence-corrected chi connectivity index (χ0v) is 14.9. The first-order chi connectivity index (χ1) is 12.8. The number of carbonyl (C=O) groups excluding carboxylic acids is 1. The number of amides is 1. The van der Waals surface area contributed by atoms with Crippen LogP contribution >= 0.6 is 0 Å². The van der Waals surface area contributed by atoms with Crippen LogP contribution in [-0.4, -0.2) is 34.4 Å². The maximum absolute atomic E-state index is 13.4. The molecule has 1 aromatic carbocycles. The van der Waals surface area contributed by atoms with Crippen LogP contribution in [0.3, 0.4) is 0 Å². The number of nitrogens with zero attached hydrogens (tertiary/aromatic N) is 2. The minimum absolute atomic E-state index is 0.0756. The fourth-order valence-corrected chi connectivity index (χ4v) is 4.93. The van der Waals surface area contributed by atoms with Crippen molar-refractivity contribution in [2.24, 2.45) is 17.8 Å². The van der Waals surface area contributed by atoms with Gasteiger partial charge in [0.25, 0.3) is 0 Å². The van der Waals surface area contributed by atoms with Gasteiger partial charge in [-0.1, -0.05) is 12.1 Å². The molecule has 2 heterocycles. The molecule has 3 saturated carbocycles. The molecular formula is C21H25N3O2. The fourth-order valence-electron chi connectivity index (χ4n) is 4.93. The van der Waals surface area contributed by atoms with Gasteiger partial charge in [0, 0.05) is 30.1 Å². The molecular weight excluding hydrogens is 326 g/mol. The van der Waals surface area contributed by atoms with Gasteiger partial charge in [0.15, 0.2) is 12.0 Å². The van der Waals surface area contributed by atoms with Crippen molar-refractivity contribution in [2.45, 2.75) is 56.7 Å². The van der Waals surface area contributed by atoms with Gasteiger partial charge in [0.1, 0.15) is 5.52 Å². The molecule has 5 heteroatoms. The third-order valence-electron chi connectivity index (χ3n) is 6.74. The molecule has 4 fully saturated rings. The first kappa shape index (κ1) is 15.2. The first-order valence-electron chi connectivity index (χ1n) is 10.2. The Morgan fingerprint density at radius 2 is 1.92 bits per heavy atom. The molecule has 0 bridgehead atoms. The standard InChI is InChI=1S/C21H25N3O2/c25-21(14-8-9-14)24-17(12-4-5-12)10-22-18(13-6-7-13)19(24)15-2-1-3-16-20(15)26-11-23-16/h1-3,11-14,17-19,22H,4-10H2. The Balaban J connectivity index is 1.49. The summed E-state index contributed by atoms with van der Waals surface area (Å²) in [7, 11) is 0. The van der Waals surface area contributed by atoms with Crippen LogP contribution in [-0.2, 0) is 4.79 Å². The van der Waals surface area contributed by atoms with Gasteiger partial charge >= 0.3 is 0 Å². The van der Waals surface area contributed by atoms with Crippen molar-refractivity contribution in [3.63, 3.8) is 0 Å². The van der Waals surface area contributed by atoms with Crippen molar-refractivity contribution in [3.05, 3.63) is 30.2 Å². The summed E-state index contributed by atoms with van der Waals surface area (Å²) in [6.07, 6.45) is 8.70. The lowest BCUT2D eigenvalue weighted by atomic mass is 9.87. The molecule has 3 aliphatic carbocycles. The Hall–Kier alpha value is -1.88. The summed E-state index contributed by atoms with van der Waals surface area (Å²) in [5, 5.41) is 3.85. The molecule has 2 aromatic rings. The molecule has 1 aromatic heterocycles. The molecule has 4 aliphatic rings. The van der Waals surface area contributed by atoms with Gasteiger partial charge in [-0.3, -0.25) is 4.79 Å². The Morgan fingerprint density at radius 3 is 2.65 bits per heavy atom. The highest BCUT2D eigenvalue weighted by atomic mass is 16.3. The minimum Gasteiger partial charge on any atom is -0.443 e. The lowest BCUT2D eigenvalue weighted by molar-refractivity contribution is -0.141. The molecule has 6 rings (SSSR count). The largest absolute Gasteiger partial charge is 0.443 e. The van der Waals surface area contributed by atoms with Crippen LogP contribution in [0.25, 0.3) is 11.1 Å². The van der Waals surface area contributed by atoms with E-state index in [2.05, 4.69) is 27.3 Å². The molecule has 3 unspecified atom stereocenters. The molecule has 3 atom stereocenters. The van der Waals surface area contributed by atoms with E-state index >= 15 is 0 Å². The van der Waals surface area contributed by atoms with Gasteiger partial charge in [-0.25, -0.2) is 4.98 Å². The van der Waals surface area contributed by atoms with Crippen LogP contribution in [0, 0.1) is 17.8 Å². The normalized spacial score (nSPS) is 32.2. The number of carbonyl (C=O) groups is 1. The number of oxazole rings is 1. The van der Waals surface area contributed by atoms with E-state index in [4.69, 9.17) is 4.42 Å². The second-order valence-corrected chi connectivity index (χ2v) is 8.69. The number of aromatic nitrogens is 1. The molecule has 5 nitrogen and oxygen atoms in total. The zero-order chi connectivity index (χ0) is 17.3. The summed E-state index contributed by atoms with van der Waals surface area (Å²) in [5.74, 6) is 1.98. The summed E-state index contributed by atoms with van der Waals surface area (Å²) in [4.78, 5) is 20.1. The second kappa shape index (κ2) is 5.56. The Morgan fingerprint density at radius 1 is 1.12 bits per heavy atom. The van der Waals surface area contributed by atoms with Crippen LogP contribution in [0.15, 0.2) is 29.0 Å². The van der Waals surface area contributed by atoms with Crippen LogP contribution in [0.4, 0.5) is 0 Å². The van der Waals surface area contributed by atoms with Crippen molar-refractivity contribution in [3.8, 4) is 0 Å². The Kier molecular flexibility index (Phi) is 3.25. The van der Waals surface area contributed by atoms with E-state index in [0.29, 0.717) is 29.8 Å². The fraction of sp³-hybridized carbons (Fsp3) is 0.619. The monoisotopic (exact) mass is 351 g/mol. The van der Waals surface area contributed by atoms with Crippen molar-refractivity contribution >= 4 is 17.0 Å². The number of nitrogens with one attached hydrogen (secondary N) is 1. The SMILES string of the molecule is O=C(C1CC1)N1C(C2CC2)CNC(C2CC2)C1c1cccc2ncoc12. The topological polar surface area (TPSA) is 58.4 Å². The number of hydrogen-bond acceptors (Lipinski definition) is 4. The molecule has 0 spiro atoms. The van der Waals surface area contributed by atoms with E-state index in [9.17, 15) is 4.79 Å². The molecule has 1 N–H and O–H groups in total. The van der Waals surface area contributed by atoms with Crippen molar-refractivity contribution in [1.82, 2.24) is 15.2 Å². The van der Waals surface area contributed by atoms with E-state index in [-0.39, 0.29) is 12.0 Å². The van der Waals surface area contributed by atoms with E-state index < -0.39 is 0 Å². The summed E-state index contributed by atoms with van der Waals surface area (Å²) in [6.45, 7) is 0.952. The maximum atomic E-state index is 13.4. The van der Waals surface area contributed by atoms with Gasteiger partial charge in [0.2, 0.25) is 5.91 Å². The molecule has 0 radical (unpaired) electrons. The minimum atomic E-state index is 0.0756. The van der Waals surface area contributed by atoms with E-state index in [1.54, 1.807) is 0 Å². The van der Waals surface area contributed by atoms with Crippen LogP contribution in [0.1, 0.15) is 50.1 Å². The Labute approximate surface area is 153 Å². The Bertz CT molecular complexity index is 850. The molecule has 1 saturated heterocycles. The van der Waals surface area contributed by atoms with Crippen LogP contribution in [0.5, 0.6) is 0 Å². The number of fused-ring (bicyclic) bond motifs is 1. The van der Waals surface area contributed by atoms with E-state index in [0.717, 1.165) is 36.0 Å². The summed E-state index contributed by atoms with van der Waals surface area (Å²) >= 11 is 0. The predicted octanol–water partition coefficient (Wildman–Crippen LogP) is 3.27.